The van der Waals surface area contributed by atoms with E-state index in [4.69, 9.17) is 39.1 Å². The average molecular weight is 478 g/mol. The summed E-state index contributed by atoms with van der Waals surface area (Å²) >= 11 is 13.2. The highest BCUT2D eigenvalue weighted by Gasteiger charge is 2.33. The van der Waals surface area contributed by atoms with Gasteiger partial charge in [-0.1, -0.05) is 23.2 Å². The first-order valence-electron chi connectivity index (χ1n) is 5.84. The number of rotatable bonds is 6. The van der Waals surface area contributed by atoms with Crippen molar-refractivity contribution in [3.8, 4) is 0 Å². The highest BCUT2D eigenvalue weighted by atomic mass is 127. The second-order valence-electron chi connectivity index (χ2n) is 4.20. The van der Waals surface area contributed by atoms with Gasteiger partial charge in [0, 0.05) is 3.57 Å². The number of hydrogen-bond donors (Lipinski definition) is 4. The first-order valence-corrected chi connectivity index (χ1v) is 7.67. The van der Waals surface area contributed by atoms with Gasteiger partial charge in [0.2, 0.25) is 0 Å². The molecule has 5 N–H and O–H groups in total. The first-order chi connectivity index (χ1) is 10.7. The summed E-state index contributed by atoms with van der Waals surface area (Å²) < 4.78 is -0.0807. The van der Waals surface area contributed by atoms with Crippen LogP contribution in [-0.4, -0.2) is 46.2 Å². The summed E-state index contributed by atoms with van der Waals surface area (Å²) in [4.78, 5) is 33.9. The van der Waals surface area contributed by atoms with Gasteiger partial charge in [-0.05, 0) is 22.6 Å². The number of hydrogen-bond acceptors (Lipinski definition) is 6. The molecule has 0 aliphatic heterocycles. The van der Waals surface area contributed by atoms with Crippen molar-refractivity contribution in [1.29, 1.82) is 0 Å². The van der Waals surface area contributed by atoms with Crippen molar-refractivity contribution in [2.45, 2.75) is 6.04 Å². The normalized spacial score (nSPS) is 10.7. The highest BCUT2D eigenvalue weighted by Crippen LogP contribution is 2.41. The smallest absolute Gasteiger partial charge is 0.308 e. The maximum absolute atomic E-state index is 12.2. The molecule has 1 aromatic rings. The van der Waals surface area contributed by atoms with E-state index in [0.717, 1.165) is 0 Å². The van der Waals surface area contributed by atoms with E-state index >= 15 is 0 Å². The van der Waals surface area contributed by atoms with Crippen LogP contribution in [-0.2, 0) is 0 Å². The van der Waals surface area contributed by atoms with Crippen LogP contribution in [0.5, 0.6) is 0 Å². The topological polar surface area (TPSA) is 156 Å². The Morgan fingerprint density at radius 2 is 1.74 bits per heavy atom. The third-order valence-electron chi connectivity index (χ3n) is 2.73. The van der Waals surface area contributed by atoms with E-state index in [0.29, 0.717) is 0 Å². The zero-order chi connectivity index (χ0) is 17.9. The summed E-state index contributed by atoms with van der Waals surface area (Å²) in [6, 6.07) is -1.01. The lowest BCUT2D eigenvalue weighted by Crippen LogP contribution is -2.40. The number of primary amides is 1. The van der Waals surface area contributed by atoms with E-state index in [2.05, 4.69) is 5.32 Å². The van der Waals surface area contributed by atoms with Gasteiger partial charge in [-0.25, -0.2) is 0 Å². The molecule has 0 radical (unpaired) electrons. The molecule has 0 heterocycles. The maximum atomic E-state index is 12.2. The summed E-state index contributed by atoms with van der Waals surface area (Å²) in [5.74, 6) is -2.01. The van der Waals surface area contributed by atoms with Crippen LogP contribution in [0.2, 0.25) is 10.0 Å². The van der Waals surface area contributed by atoms with Crippen molar-refractivity contribution >= 4 is 63.3 Å². The van der Waals surface area contributed by atoms with E-state index in [1.165, 1.54) is 0 Å². The number of aliphatic hydroxyl groups is 2. The van der Waals surface area contributed by atoms with Crippen LogP contribution in [0.25, 0.3) is 0 Å². The molecule has 0 fully saturated rings. The minimum absolute atomic E-state index is 0.0807. The second-order valence-corrected chi connectivity index (χ2v) is 6.03. The lowest BCUT2D eigenvalue weighted by Gasteiger charge is -2.16. The maximum Gasteiger partial charge on any atom is 0.308 e. The average Bonchev–Trinajstić information content (AvgIpc) is 2.43. The third-order valence-corrected chi connectivity index (χ3v) is 4.54. The Morgan fingerprint density at radius 1 is 1.26 bits per heavy atom. The lowest BCUT2D eigenvalue weighted by atomic mass is 10.1. The van der Waals surface area contributed by atoms with Crippen molar-refractivity contribution in [2.75, 3.05) is 13.2 Å². The van der Waals surface area contributed by atoms with Crippen molar-refractivity contribution in [1.82, 2.24) is 5.32 Å². The van der Waals surface area contributed by atoms with Crippen LogP contribution < -0.4 is 11.1 Å². The molecule has 0 atom stereocenters. The SMILES string of the molecule is NC(=O)c1c(Cl)c([N+](=O)[O-])c(Cl)c(C(=O)NC(CO)CO)c1I. The molecule has 0 aliphatic carbocycles. The van der Waals surface area contributed by atoms with E-state index in [1.54, 1.807) is 22.6 Å². The Morgan fingerprint density at radius 3 is 2.13 bits per heavy atom. The molecular formula is C11H10Cl2IN3O6. The molecule has 1 rings (SSSR count). The van der Waals surface area contributed by atoms with E-state index in [-0.39, 0.29) is 3.57 Å². The molecule has 0 spiro atoms. The van der Waals surface area contributed by atoms with Crippen LogP contribution in [0, 0.1) is 13.7 Å². The summed E-state index contributed by atoms with van der Waals surface area (Å²) in [5, 5.41) is 30.1. The number of nitrogens with two attached hydrogens (primary N) is 1. The van der Waals surface area contributed by atoms with Gasteiger partial charge in [0.05, 0.1) is 35.3 Å². The van der Waals surface area contributed by atoms with Gasteiger partial charge in [-0.3, -0.25) is 19.7 Å². The summed E-state index contributed by atoms with van der Waals surface area (Å²) in [7, 11) is 0. The number of aliphatic hydroxyl groups excluding tert-OH is 2. The second kappa shape index (κ2) is 8.06. The summed E-state index contributed by atoms with van der Waals surface area (Å²) in [6.45, 7) is -1.15. The fraction of sp³-hybridized carbons (Fsp3) is 0.273. The van der Waals surface area contributed by atoms with E-state index in [9.17, 15) is 19.7 Å². The van der Waals surface area contributed by atoms with Gasteiger partial charge in [-0.2, -0.15) is 0 Å². The molecule has 0 aromatic heterocycles. The molecule has 2 amide bonds. The van der Waals surface area contributed by atoms with Crippen molar-refractivity contribution in [2.24, 2.45) is 5.73 Å². The predicted octanol–water partition coefficient (Wildman–Crippen LogP) is 0.688. The van der Waals surface area contributed by atoms with Crippen LogP contribution >= 0.6 is 45.8 Å². The number of benzene rings is 1. The number of nitrogens with one attached hydrogen (secondary N) is 1. The Kier molecular flexibility index (Phi) is 6.95. The molecule has 126 valence electrons. The number of nitrogens with zero attached hydrogens (tertiary/aromatic N) is 1. The number of halogens is 3. The Hall–Kier alpha value is -1.21. The minimum atomic E-state index is -1.07. The van der Waals surface area contributed by atoms with Crippen LogP contribution in [0.3, 0.4) is 0 Å². The Labute approximate surface area is 153 Å². The van der Waals surface area contributed by atoms with Gasteiger partial charge >= 0.3 is 5.69 Å². The van der Waals surface area contributed by atoms with E-state index < -0.39 is 62.9 Å². The standard InChI is InChI=1S/C11H10Cl2IN3O6/c12-6-4(10(15)20)8(14)5(7(13)9(6)17(22)23)11(21)16-3(1-18)2-19/h3,18-19H,1-2H2,(H2,15,20)(H,16,21). The number of carbonyl (C=O) groups is 2. The zero-order valence-electron chi connectivity index (χ0n) is 11.2. The van der Waals surface area contributed by atoms with Crippen LogP contribution in [0.1, 0.15) is 20.7 Å². The van der Waals surface area contributed by atoms with E-state index in [1.807, 2.05) is 0 Å². The van der Waals surface area contributed by atoms with Crippen molar-refractivity contribution < 1.29 is 24.7 Å². The molecular weight excluding hydrogens is 468 g/mol. The minimum Gasteiger partial charge on any atom is -0.394 e. The number of amides is 2. The Balaban J connectivity index is 3.62. The van der Waals surface area contributed by atoms with Crippen LogP contribution in [0.4, 0.5) is 5.69 Å². The molecule has 0 saturated heterocycles. The van der Waals surface area contributed by atoms with Gasteiger partial charge < -0.3 is 21.3 Å². The third kappa shape index (κ3) is 4.01. The largest absolute Gasteiger partial charge is 0.394 e. The van der Waals surface area contributed by atoms with Crippen molar-refractivity contribution in [3.05, 3.63) is 34.9 Å². The van der Waals surface area contributed by atoms with Gasteiger partial charge in [0.15, 0.2) is 0 Å². The molecule has 0 aliphatic rings. The Bertz CT molecular complexity index is 639. The quantitative estimate of drug-likeness (QED) is 0.268. The molecule has 9 nitrogen and oxygen atoms in total. The van der Waals surface area contributed by atoms with Gasteiger partial charge in [-0.15, -0.1) is 0 Å². The monoisotopic (exact) mass is 477 g/mol. The number of nitro groups is 1. The van der Waals surface area contributed by atoms with Gasteiger partial charge in [0.25, 0.3) is 11.8 Å². The molecule has 0 unspecified atom stereocenters. The van der Waals surface area contributed by atoms with Gasteiger partial charge in [0.1, 0.15) is 10.0 Å². The molecule has 0 bridgehead atoms. The lowest BCUT2D eigenvalue weighted by molar-refractivity contribution is -0.384. The molecule has 12 heteroatoms. The molecule has 1 aromatic carbocycles. The molecule has 23 heavy (non-hydrogen) atoms. The fourth-order valence-corrected chi connectivity index (χ4v) is 3.75. The number of nitro benzene ring substituents is 1. The fourth-order valence-electron chi connectivity index (χ4n) is 1.63. The first kappa shape index (κ1) is 19.8. The van der Waals surface area contributed by atoms with Crippen LogP contribution in [0.15, 0.2) is 0 Å². The summed E-state index contributed by atoms with van der Waals surface area (Å²) in [6.07, 6.45) is 0. The zero-order valence-corrected chi connectivity index (χ0v) is 14.8. The summed E-state index contributed by atoms with van der Waals surface area (Å²) in [5.41, 5.74) is 3.50. The number of carbonyl (C=O) groups excluding carboxylic acids is 2. The highest BCUT2D eigenvalue weighted by molar-refractivity contribution is 14.1. The predicted molar refractivity (Wildman–Crippen MR) is 89.8 cm³/mol. The van der Waals surface area contributed by atoms with Crippen molar-refractivity contribution in [3.63, 3.8) is 0 Å². The molecule has 0 saturated carbocycles.